The Kier molecular flexibility index (Phi) is 2320. The summed E-state index contributed by atoms with van der Waals surface area (Å²) in [6.07, 6.45) is 0. The summed E-state index contributed by atoms with van der Waals surface area (Å²) < 4.78 is 0. The molecule has 0 amide bonds. The van der Waals surface area contributed by atoms with Crippen LogP contribution >= 0.6 is 0 Å². The molecule has 0 unspecified atom stereocenters. The van der Waals surface area contributed by atoms with Crippen molar-refractivity contribution in [2.45, 2.75) is 0 Å². The summed E-state index contributed by atoms with van der Waals surface area (Å²) in [6, 6.07) is 0. The molecule has 0 aliphatic rings. The second-order valence-corrected chi connectivity index (χ2v) is 0. The van der Waals surface area contributed by atoms with Gasteiger partial charge in [-0.1, -0.05) is 0 Å². The maximum absolute atomic E-state index is 0. The van der Waals surface area contributed by atoms with E-state index in [1.54, 1.807) is 0 Å². The SMILES string of the molecule is N.N.N.N.[AlH3].[Al].[Al].[Al].[Ti].[Ti].[Ti]. The van der Waals surface area contributed by atoms with Crippen LogP contribution in [0.5, 0.6) is 0 Å². The van der Waals surface area contributed by atoms with Gasteiger partial charge in [0.05, 0.1) is 0 Å². The van der Waals surface area contributed by atoms with E-state index in [0.29, 0.717) is 0 Å². The van der Waals surface area contributed by atoms with Crippen LogP contribution in [0.15, 0.2) is 0 Å². The van der Waals surface area contributed by atoms with Crippen LogP contribution in [0.3, 0.4) is 0 Å². The Morgan fingerprint density at radius 3 is 0.364 bits per heavy atom. The monoisotopic (exact) mass is 323 g/mol. The molecule has 59 valence electrons. The first-order valence-corrected chi connectivity index (χ1v) is 0. The molecular weight excluding hydrogens is 308 g/mol. The number of hydrogen-bond donors (Lipinski definition) is 4. The molecule has 0 fully saturated rings. The topological polar surface area (TPSA) is 140 Å². The third kappa shape index (κ3) is 122. The fourth-order valence-electron chi connectivity index (χ4n) is 0. The third-order valence-corrected chi connectivity index (χ3v) is 0. The Bertz CT molecular complexity index is 17.3. The largest absolute Gasteiger partial charge is 0.344 e. The average molecular weight is 323 g/mol. The predicted octanol–water partition coefficient (Wildman–Crippen LogP) is -1.69. The third-order valence-electron chi connectivity index (χ3n) is 0. The maximum atomic E-state index is 0. The summed E-state index contributed by atoms with van der Waals surface area (Å²) >= 11 is 0. The molecule has 9 radical (unpaired) electrons. The molecule has 0 aromatic carbocycles. The molecule has 0 aromatic heterocycles. The maximum Gasteiger partial charge on any atom is 0.187 e. The van der Waals surface area contributed by atoms with Gasteiger partial charge < -0.3 is 24.6 Å². The van der Waals surface area contributed by atoms with E-state index >= 15 is 0 Å². The summed E-state index contributed by atoms with van der Waals surface area (Å²) in [5.41, 5.74) is 0. The van der Waals surface area contributed by atoms with Gasteiger partial charge >= 0.3 is 0 Å². The second kappa shape index (κ2) is 143. The molecule has 0 heterocycles. The fraction of sp³-hybridized carbons (Fsp3) is 0. The van der Waals surface area contributed by atoms with Gasteiger partial charge in [-0.25, -0.2) is 0 Å². The first-order valence-electron chi connectivity index (χ1n) is 0. The number of hydrogen-bond acceptors (Lipinski definition) is 4. The van der Waals surface area contributed by atoms with Crippen molar-refractivity contribution < 1.29 is 65.2 Å². The van der Waals surface area contributed by atoms with Crippen molar-refractivity contribution in [1.29, 1.82) is 0 Å². The molecule has 11 heteroatoms. The van der Waals surface area contributed by atoms with Crippen molar-refractivity contribution in [3.05, 3.63) is 0 Å². The van der Waals surface area contributed by atoms with Gasteiger partial charge in [0, 0.05) is 117 Å². The normalized spacial score (nSPS) is 0. The Hall–Kier alpha value is 4.11. The minimum atomic E-state index is 0. The Labute approximate surface area is 156 Å². The van der Waals surface area contributed by atoms with Gasteiger partial charge in [-0.05, 0) is 0 Å². The summed E-state index contributed by atoms with van der Waals surface area (Å²) in [6.45, 7) is 0. The molecule has 0 aromatic rings. The van der Waals surface area contributed by atoms with Crippen LogP contribution in [0, 0.1) is 0 Å². The first kappa shape index (κ1) is 178. The van der Waals surface area contributed by atoms with Crippen molar-refractivity contribution in [1.82, 2.24) is 24.6 Å². The molecule has 12 N–H and O–H groups in total. The molecule has 0 aliphatic carbocycles. The van der Waals surface area contributed by atoms with Gasteiger partial charge in [0.2, 0.25) is 0 Å². The van der Waals surface area contributed by atoms with E-state index in [2.05, 4.69) is 0 Å². The fourth-order valence-corrected chi connectivity index (χ4v) is 0. The predicted molar refractivity (Wildman–Crippen MR) is 47.3 cm³/mol. The van der Waals surface area contributed by atoms with Gasteiger partial charge in [-0.15, -0.1) is 0 Å². The first-order chi connectivity index (χ1) is 0. The Morgan fingerprint density at radius 2 is 0.364 bits per heavy atom. The molecule has 0 rings (SSSR count). The summed E-state index contributed by atoms with van der Waals surface area (Å²) in [5, 5.41) is 0. The zero-order valence-electron chi connectivity index (χ0n) is 6.06. The summed E-state index contributed by atoms with van der Waals surface area (Å²) in [4.78, 5) is 0. The van der Waals surface area contributed by atoms with Crippen LogP contribution in [0.1, 0.15) is 0 Å². The van der Waals surface area contributed by atoms with Crippen molar-refractivity contribution in [3.63, 3.8) is 0 Å². The van der Waals surface area contributed by atoms with Crippen LogP contribution in [0.2, 0.25) is 0 Å². The minimum absolute atomic E-state index is 0. The second-order valence-electron chi connectivity index (χ2n) is 0. The average Bonchev–Trinajstić information content (AvgIpc) is 0. The van der Waals surface area contributed by atoms with Gasteiger partial charge in [-0.3, -0.25) is 0 Å². The molecule has 0 saturated carbocycles. The van der Waals surface area contributed by atoms with Gasteiger partial charge in [0.1, 0.15) is 0 Å². The van der Waals surface area contributed by atoms with E-state index in [1.165, 1.54) is 0 Å². The molecule has 11 heavy (non-hydrogen) atoms. The Morgan fingerprint density at radius 1 is 0.364 bits per heavy atom. The van der Waals surface area contributed by atoms with E-state index in [1.807, 2.05) is 0 Å². The molecule has 0 spiro atoms. The molecule has 0 aliphatic heterocycles. The van der Waals surface area contributed by atoms with Crippen molar-refractivity contribution >= 4 is 69.4 Å². The molecule has 0 atom stereocenters. The summed E-state index contributed by atoms with van der Waals surface area (Å²) in [7, 11) is 0. The van der Waals surface area contributed by atoms with Gasteiger partial charge in [-0.2, -0.15) is 0 Å². The van der Waals surface area contributed by atoms with Gasteiger partial charge in [0.15, 0.2) is 17.4 Å². The van der Waals surface area contributed by atoms with Crippen molar-refractivity contribution in [3.8, 4) is 0 Å². The Balaban J connectivity index is 0. The van der Waals surface area contributed by atoms with Gasteiger partial charge in [0.25, 0.3) is 0 Å². The van der Waals surface area contributed by atoms with E-state index in [-0.39, 0.29) is 159 Å². The minimum Gasteiger partial charge on any atom is -0.344 e. The molecule has 4 nitrogen and oxygen atoms in total. The smallest absolute Gasteiger partial charge is 0.187 e. The van der Waals surface area contributed by atoms with Crippen LogP contribution in [-0.4, -0.2) is 69.4 Å². The zero-order chi connectivity index (χ0) is 0. The van der Waals surface area contributed by atoms with E-state index < -0.39 is 0 Å². The van der Waals surface area contributed by atoms with E-state index in [9.17, 15) is 0 Å². The summed E-state index contributed by atoms with van der Waals surface area (Å²) in [5.74, 6) is 0. The quantitative estimate of drug-likeness (QED) is 0.395. The van der Waals surface area contributed by atoms with Crippen molar-refractivity contribution in [2.24, 2.45) is 0 Å². The van der Waals surface area contributed by atoms with E-state index in [4.69, 9.17) is 0 Å². The molecule has 0 bridgehead atoms. The van der Waals surface area contributed by atoms with Crippen LogP contribution in [-0.2, 0) is 65.2 Å². The molecule has 0 saturated heterocycles. The molecular formula is H15Al4N4Ti3. The van der Waals surface area contributed by atoms with Crippen LogP contribution in [0.25, 0.3) is 0 Å². The van der Waals surface area contributed by atoms with E-state index in [0.717, 1.165) is 0 Å². The van der Waals surface area contributed by atoms with Crippen LogP contribution in [0.4, 0.5) is 0 Å². The number of rotatable bonds is 0. The van der Waals surface area contributed by atoms with Crippen molar-refractivity contribution in [2.75, 3.05) is 0 Å². The zero-order valence-corrected chi connectivity index (χ0v) is 14.2. The van der Waals surface area contributed by atoms with Crippen LogP contribution < -0.4 is 24.6 Å². The standard InChI is InChI=1S/4Al.4H3N.3Ti.3H/h;;;;4*1H3;;;;;;.